The molecule has 1 aromatic heterocycles. The summed E-state index contributed by atoms with van der Waals surface area (Å²) in [4.78, 5) is 12.0. The maximum absolute atomic E-state index is 12.0. The first-order valence-electron chi connectivity index (χ1n) is 6.11. The molecule has 17 heavy (non-hydrogen) atoms. The van der Waals surface area contributed by atoms with Crippen LogP contribution in [0.1, 0.15) is 43.0 Å². The number of aliphatic hydroxyl groups is 1. The van der Waals surface area contributed by atoms with Crippen LogP contribution < -0.4 is 5.32 Å². The van der Waals surface area contributed by atoms with Gasteiger partial charge in [0.15, 0.2) is 0 Å². The van der Waals surface area contributed by atoms with Crippen molar-refractivity contribution < 1.29 is 9.90 Å². The molecule has 0 atom stereocenters. The van der Waals surface area contributed by atoms with E-state index in [2.05, 4.69) is 12.2 Å². The van der Waals surface area contributed by atoms with Gasteiger partial charge in [0.25, 0.3) is 5.91 Å². The van der Waals surface area contributed by atoms with Crippen molar-refractivity contribution in [3.05, 3.63) is 22.4 Å². The molecule has 1 aromatic rings. The minimum Gasteiger partial charge on any atom is -0.394 e. The van der Waals surface area contributed by atoms with Gasteiger partial charge in [0.1, 0.15) is 0 Å². The molecule has 2 N–H and O–H groups in total. The fourth-order valence-corrected chi connectivity index (χ4v) is 2.98. The van der Waals surface area contributed by atoms with Crippen LogP contribution in [0.25, 0.3) is 0 Å². The van der Waals surface area contributed by atoms with Crippen molar-refractivity contribution in [2.45, 2.75) is 38.1 Å². The Bertz CT molecular complexity index is 367. The summed E-state index contributed by atoms with van der Waals surface area (Å²) < 4.78 is 0. The number of aliphatic hydroxyl groups excluding tert-OH is 1. The molecule has 4 heteroatoms. The topological polar surface area (TPSA) is 49.3 Å². The van der Waals surface area contributed by atoms with Crippen molar-refractivity contribution in [1.82, 2.24) is 5.32 Å². The van der Waals surface area contributed by atoms with Gasteiger partial charge in [0.2, 0.25) is 0 Å². The molecular formula is C13H19NO2S. The Morgan fingerprint density at radius 1 is 1.59 bits per heavy atom. The van der Waals surface area contributed by atoms with Crippen LogP contribution >= 0.6 is 11.3 Å². The molecule has 0 bridgehead atoms. The summed E-state index contributed by atoms with van der Waals surface area (Å²) in [6, 6.07) is 1.82. The average Bonchev–Trinajstić information content (AvgIpc) is 2.86. The predicted octanol–water partition coefficient (Wildman–Crippen LogP) is 2.42. The maximum Gasteiger partial charge on any atom is 0.252 e. The monoisotopic (exact) mass is 253 g/mol. The third kappa shape index (κ3) is 2.87. The number of carbonyl (C=O) groups is 1. The normalized spacial score (nSPS) is 28.9. The van der Waals surface area contributed by atoms with Gasteiger partial charge in [-0.1, -0.05) is 6.92 Å². The van der Waals surface area contributed by atoms with E-state index in [-0.39, 0.29) is 12.5 Å². The number of thiophene rings is 1. The number of nitrogens with one attached hydrogen (secondary N) is 1. The van der Waals surface area contributed by atoms with Crippen LogP contribution in [0.15, 0.2) is 16.8 Å². The number of rotatable bonds is 3. The Kier molecular flexibility index (Phi) is 3.84. The Morgan fingerprint density at radius 2 is 2.29 bits per heavy atom. The van der Waals surface area contributed by atoms with Crippen molar-refractivity contribution in [1.29, 1.82) is 0 Å². The molecule has 94 valence electrons. The van der Waals surface area contributed by atoms with Crippen LogP contribution in [0.5, 0.6) is 0 Å². The second-order valence-corrected chi connectivity index (χ2v) is 5.87. The van der Waals surface area contributed by atoms with Gasteiger partial charge in [0, 0.05) is 5.38 Å². The minimum atomic E-state index is -0.397. The Balaban J connectivity index is 2.02. The Labute approximate surface area is 106 Å². The van der Waals surface area contributed by atoms with Gasteiger partial charge in [-0.25, -0.2) is 0 Å². The molecule has 1 amide bonds. The van der Waals surface area contributed by atoms with Crippen molar-refractivity contribution in [2.24, 2.45) is 5.92 Å². The number of amides is 1. The molecule has 0 spiro atoms. The fraction of sp³-hybridized carbons (Fsp3) is 0.615. The molecule has 3 nitrogen and oxygen atoms in total. The highest BCUT2D eigenvalue weighted by molar-refractivity contribution is 7.08. The molecule has 1 heterocycles. The van der Waals surface area contributed by atoms with Crippen molar-refractivity contribution >= 4 is 17.2 Å². The van der Waals surface area contributed by atoms with E-state index < -0.39 is 5.54 Å². The SMILES string of the molecule is CC1CCC(CO)(NC(=O)c2ccsc2)CC1. The van der Waals surface area contributed by atoms with Gasteiger partial charge in [0.05, 0.1) is 17.7 Å². The molecule has 0 aromatic carbocycles. The molecule has 0 unspecified atom stereocenters. The first-order chi connectivity index (χ1) is 8.15. The Hall–Kier alpha value is -0.870. The number of carbonyl (C=O) groups excluding carboxylic acids is 1. The van der Waals surface area contributed by atoms with Crippen LogP contribution in [0.2, 0.25) is 0 Å². The first-order valence-corrected chi connectivity index (χ1v) is 7.05. The lowest BCUT2D eigenvalue weighted by molar-refractivity contribution is 0.0717. The van der Waals surface area contributed by atoms with Crippen LogP contribution in [-0.2, 0) is 0 Å². The molecule has 0 radical (unpaired) electrons. The summed E-state index contributed by atoms with van der Waals surface area (Å²) in [6.07, 6.45) is 3.90. The average molecular weight is 253 g/mol. The van der Waals surface area contributed by atoms with Gasteiger partial charge in [-0.2, -0.15) is 11.3 Å². The van der Waals surface area contributed by atoms with Gasteiger partial charge in [-0.15, -0.1) is 0 Å². The molecular weight excluding hydrogens is 234 g/mol. The van der Waals surface area contributed by atoms with Crippen LogP contribution in [0.3, 0.4) is 0 Å². The van der Waals surface area contributed by atoms with E-state index >= 15 is 0 Å². The van der Waals surface area contributed by atoms with Crippen molar-refractivity contribution in [2.75, 3.05) is 6.61 Å². The van der Waals surface area contributed by atoms with E-state index in [0.717, 1.165) is 25.7 Å². The molecule has 1 aliphatic rings. The van der Waals surface area contributed by atoms with E-state index in [1.54, 1.807) is 0 Å². The summed E-state index contributed by atoms with van der Waals surface area (Å²) in [7, 11) is 0. The lowest BCUT2D eigenvalue weighted by atomic mass is 9.77. The second kappa shape index (κ2) is 5.19. The highest BCUT2D eigenvalue weighted by Crippen LogP contribution is 2.31. The molecule has 1 aliphatic carbocycles. The molecule has 0 aliphatic heterocycles. The van der Waals surface area contributed by atoms with E-state index in [1.807, 2.05) is 16.8 Å². The quantitative estimate of drug-likeness (QED) is 0.869. The minimum absolute atomic E-state index is 0.0373. The standard InChI is InChI=1S/C13H19NO2S/c1-10-2-5-13(9-15,6-3-10)14-12(16)11-4-7-17-8-11/h4,7-8,10,15H,2-3,5-6,9H2,1H3,(H,14,16). The van der Waals surface area contributed by atoms with E-state index in [0.29, 0.717) is 11.5 Å². The lowest BCUT2D eigenvalue weighted by Crippen LogP contribution is -2.53. The largest absolute Gasteiger partial charge is 0.394 e. The number of hydrogen-bond donors (Lipinski definition) is 2. The summed E-state index contributed by atoms with van der Waals surface area (Å²) in [5, 5.41) is 16.3. The first kappa shape index (κ1) is 12.6. The van der Waals surface area contributed by atoms with E-state index in [1.165, 1.54) is 11.3 Å². The highest BCUT2D eigenvalue weighted by atomic mass is 32.1. The number of hydrogen-bond acceptors (Lipinski definition) is 3. The lowest BCUT2D eigenvalue weighted by Gasteiger charge is -2.38. The highest BCUT2D eigenvalue weighted by Gasteiger charge is 2.35. The van der Waals surface area contributed by atoms with E-state index in [4.69, 9.17) is 0 Å². The summed E-state index contributed by atoms with van der Waals surface area (Å²) in [6.45, 7) is 2.26. The van der Waals surface area contributed by atoms with Gasteiger partial charge < -0.3 is 10.4 Å². The zero-order chi connectivity index (χ0) is 12.3. The van der Waals surface area contributed by atoms with Crippen LogP contribution in [0.4, 0.5) is 0 Å². The predicted molar refractivity (Wildman–Crippen MR) is 69.2 cm³/mol. The van der Waals surface area contributed by atoms with Gasteiger partial charge in [-0.3, -0.25) is 4.79 Å². The summed E-state index contributed by atoms with van der Waals surface area (Å²) in [5.74, 6) is 0.641. The smallest absolute Gasteiger partial charge is 0.252 e. The van der Waals surface area contributed by atoms with Crippen molar-refractivity contribution in [3.63, 3.8) is 0 Å². The maximum atomic E-state index is 12.0. The fourth-order valence-electron chi connectivity index (χ4n) is 2.34. The zero-order valence-electron chi connectivity index (χ0n) is 10.1. The summed E-state index contributed by atoms with van der Waals surface area (Å²) in [5.41, 5.74) is 0.298. The molecule has 0 saturated heterocycles. The van der Waals surface area contributed by atoms with Crippen LogP contribution in [-0.4, -0.2) is 23.2 Å². The van der Waals surface area contributed by atoms with E-state index in [9.17, 15) is 9.90 Å². The van der Waals surface area contributed by atoms with Gasteiger partial charge in [-0.05, 0) is 43.0 Å². The van der Waals surface area contributed by atoms with Crippen LogP contribution in [0, 0.1) is 5.92 Å². The third-order valence-electron chi connectivity index (χ3n) is 3.70. The van der Waals surface area contributed by atoms with Gasteiger partial charge >= 0.3 is 0 Å². The third-order valence-corrected chi connectivity index (χ3v) is 4.38. The molecule has 1 saturated carbocycles. The summed E-state index contributed by atoms with van der Waals surface area (Å²) >= 11 is 1.51. The molecule has 2 rings (SSSR count). The zero-order valence-corrected chi connectivity index (χ0v) is 10.9. The molecule has 1 fully saturated rings. The Morgan fingerprint density at radius 3 is 2.82 bits per heavy atom. The second-order valence-electron chi connectivity index (χ2n) is 5.09. The van der Waals surface area contributed by atoms with Crippen molar-refractivity contribution in [3.8, 4) is 0 Å².